The van der Waals surface area contributed by atoms with E-state index >= 15 is 0 Å². The Morgan fingerprint density at radius 3 is 1.48 bits per heavy atom. The number of anilines is 1. The Hall–Kier alpha value is -1.63. The zero-order chi connectivity index (χ0) is 51.4. The monoisotopic (exact) mass is 984 g/mol. The molecular weight excluding hydrogens is 875 g/mol. The maximum absolute atomic E-state index is 12.4. The van der Waals surface area contributed by atoms with Crippen LogP contribution in [0.25, 0.3) is 0 Å². The van der Waals surface area contributed by atoms with Crippen LogP contribution in [0.2, 0.25) is 0 Å². The van der Waals surface area contributed by atoms with Crippen LogP contribution >= 0.6 is 0 Å². The summed E-state index contributed by atoms with van der Waals surface area (Å²) in [5.41, 5.74) is 3.71. The van der Waals surface area contributed by atoms with Crippen molar-refractivity contribution in [3.8, 4) is 0 Å². The third-order valence-electron chi connectivity index (χ3n) is 24.7. The molecule has 1 amide bonds. The van der Waals surface area contributed by atoms with E-state index in [1.165, 1.54) is 95.5 Å². The summed E-state index contributed by atoms with van der Waals surface area (Å²) in [5.74, 6) is 10.6. The van der Waals surface area contributed by atoms with E-state index < -0.39 is 0 Å². The summed E-state index contributed by atoms with van der Waals surface area (Å²) in [4.78, 5) is 12.4. The average Bonchev–Trinajstić information content (AvgIpc) is 3.88. The Labute approximate surface area is 435 Å². The lowest BCUT2D eigenvalue weighted by molar-refractivity contribution is -0.198. The molecular formula is C65H109NO5. The number of nitrogens with one attached hydrogen (secondary N) is 1. The molecule has 22 atom stereocenters. The number of hydrogen-bond acceptors (Lipinski definition) is 5. The first-order valence-corrected chi connectivity index (χ1v) is 30.6. The summed E-state index contributed by atoms with van der Waals surface area (Å²) in [7, 11) is 0. The van der Waals surface area contributed by atoms with Gasteiger partial charge in [-0.05, 0) is 242 Å². The normalized spacial score (nSPS) is 45.6. The van der Waals surface area contributed by atoms with Gasteiger partial charge >= 0.3 is 6.09 Å². The number of amides is 1. The first-order valence-electron chi connectivity index (χ1n) is 30.6. The fourth-order valence-electron chi connectivity index (χ4n) is 20.9. The van der Waals surface area contributed by atoms with Gasteiger partial charge in [-0.3, -0.25) is 5.32 Å². The van der Waals surface area contributed by atoms with Gasteiger partial charge in [0.2, 0.25) is 0 Å². The molecule has 0 spiro atoms. The van der Waals surface area contributed by atoms with Crippen molar-refractivity contribution in [1.82, 2.24) is 0 Å². The molecule has 0 radical (unpaired) electrons. The number of carbonyl (C=O) groups is 1. The van der Waals surface area contributed by atoms with Gasteiger partial charge in [-0.2, -0.15) is 0 Å². The highest BCUT2D eigenvalue weighted by Crippen LogP contribution is 2.72. The van der Waals surface area contributed by atoms with Gasteiger partial charge in [-0.25, -0.2) is 4.79 Å². The van der Waals surface area contributed by atoms with E-state index in [-0.39, 0.29) is 23.7 Å². The number of rotatable bonds is 12. The molecule has 1 aromatic rings. The summed E-state index contributed by atoms with van der Waals surface area (Å²) in [6.07, 6.45) is 24.6. The SMILES string of the molecule is CC[C@H]1[C@@H](O)[C@@H]2[C@H](CC[C@]3(C)[C@@H]([C@H](C)CCCO)CC[C@@H]23)[C@@]2(C)CC[C@@H](C)C[C@@H]12.CC[C@H]1[C@@H](O)[C@@H]2[C@H](CC[C@]3(C)[C@@H]([C@H](C)CCCOC(=O)Nc4ccc(C(C)(C)C)cc4)CC[C@@H]23)[C@@]2(C)CC[C@@H](C)C[C@@H]12. The lowest BCUT2D eigenvalue weighted by atomic mass is 9.41. The fraction of sp³-hybridized carbons (Fsp3) is 0.892. The number of fused-ring (bicyclic) bond motifs is 10. The van der Waals surface area contributed by atoms with Crippen LogP contribution in [0.1, 0.15) is 224 Å². The Morgan fingerprint density at radius 1 is 0.634 bits per heavy atom. The quantitative estimate of drug-likeness (QED) is 0.156. The number of hydrogen-bond donors (Lipinski definition) is 4. The molecule has 9 rings (SSSR count). The summed E-state index contributed by atoms with van der Waals surface area (Å²) in [6.45, 7) is 32.2. The molecule has 6 nitrogen and oxygen atoms in total. The highest BCUT2D eigenvalue weighted by molar-refractivity contribution is 5.84. The molecule has 0 bridgehead atoms. The molecule has 71 heavy (non-hydrogen) atoms. The van der Waals surface area contributed by atoms with Crippen LogP contribution in [0, 0.1) is 116 Å². The van der Waals surface area contributed by atoms with Crippen LogP contribution in [0.4, 0.5) is 10.5 Å². The van der Waals surface area contributed by atoms with Gasteiger partial charge in [0.15, 0.2) is 0 Å². The maximum Gasteiger partial charge on any atom is 0.411 e. The Morgan fingerprint density at radius 2 is 1.06 bits per heavy atom. The van der Waals surface area contributed by atoms with E-state index in [1.54, 1.807) is 0 Å². The summed E-state index contributed by atoms with van der Waals surface area (Å²) < 4.78 is 5.58. The van der Waals surface area contributed by atoms with E-state index in [1.807, 2.05) is 12.1 Å². The van der Waals surface area contributed by atoms with E-state index in [2.05, 4.69) is 107 Å². The molecule has 0 unspecified atom stereocenters. The molecule has 4 N–H and O–H groups in total. The van der Waals surface area contributed by atoms with E-state index in [9.17, 15) is 20.1 Å². The van der Waals surface area contributed by atoms with Crippen LogP contribution in [0.5, 0.6) is 0 Å². The molecule has 8 aliphatic carbocycles. The summed E-state index contributed by atoms with van der Waals surface area (Å²) in [5, 5.41) is 36.0. The minimum atomic E-state index is -0.363. The first kappa shape index (κ1) is 55.6. The molecule has 404 valence electrons. The molecule has 0 aliphatic heterocycles. The minimum Gasteiger partial charge on any atom is -0.449 e. The van der Waals surface area contributed by atoms with Gasteiger partial charge in [0.05, 0.1) is 18.8 Å². The van der Waals surface area contributed by atoms with Gasteiger partial charge in [0, 0.05) is 12.3 Å². The largest absolute Gasteiger partial charge is 0.449 e. The van der Waals surface area contributed by atoms with E-state index in [4.69, 9.17) is 4.74 Å². The molecule has 0 aromatic heterocycles. The van der Waals surface area contributed by atoms with Crippen molar-refractivity contribution >= 4 is 11.8 Å². The van der Waals surface area contributed by atoms with Gasteiger partial charge in [0.25, 0.3) is 0 Å². The van der Waals surface area contributed by atoms with Crippen LogP contribution in [0.15, 0.2) is 24.3 Å². The fourth-order valence-corrected chi connectivity index (χ4v) is 20.9. The summed E-state index contributed by atoms with van der Waals surface area (Å²) >= 11 is 0. The van der Waals surface area contributed by atoms with Gasteiger partial charge in [-0.15, -0.1) is 0 Å². The van der Waals surface area contributed by atoms with Crippen LogP contribution < -0.4 is 5.32 Å². The topological polar surface area (TPSA) is 99.0 Å². The smallest absolute Gasteiger partial charge is 0.411 e. The first-order chi connectivity index (χ1) is 33.6. The number of aliphatic hydroxyl groups excluding tert-OH is 3. The van der Waals surface area contributed by atoms with E-state index in [0.717, 1.165) is 73.8 Å². The second-order valence-corrected chi connectivity index (χ2v) is 29.2. The molecule has 0 saturated heterocycles. The van der Waals surface area contributed by atoms with Crippen molar-refractivity contribution in [2.75, 3.05) is 18.5 Å². The summed E-state index contributed by atoms with van der Waals surface area (Å²) in [6, 6.07) is 8.06. The van der Waals surface area contributed by atoms with Crippen LogP contribution in [0.3, 0.4) is 0 Å². The number of ether oxygens (including phenoxy) is 1. The highest BCUT2D eigenvalue weighted by Gasteiger charge is 2.66. The van der Waals surface area contributed by atoms with Crippen LogP contribution in [-0.4, -0.2) is 46.8 Å². The lowest BCUT2D eigenvalue weighted by Gasteiger charge is -2.65. The zero-order valence-corrected chi connectivity index (χ0v) is 47.9. The van der Waals surface area contributed by atoms with E-state index in [0.29, 0.717) is 100.0 Å². The van der Waals surface area contributed by atoms with Gasteiger partial charge < -0.3 is 20.1 Å². The average molecular weight is 985 g/mol. The lowest BCUT2D eigenvalue weighted by Crippen LogP contribution is -2.61. The molecule has 6 heteroatoms. The Bertz CT molecular complexity index is 1910. The number of benzene rings is 1. The second kappa shape index (κ2) is 21.8. The predicted octanol–water partition coefficient (Wildman–Crippen LogP) is 16.1. The molecule has 0 heterocycles. The molecule has 8 aliphatic rings. The highest BCUT2D eigenvalue weighted by atomic mass is 16.5. The van der Waals surface area contributed by atoms with Crippen molar-refractivity contribution in [3.63, 3.8) is 0 Å². The van der Waals surface area contributed by atoms with Crippen molar-refractivity contribution < 1.29 is 24.9 Å². The van der Waals surface area contributed by atoms with Crippen molar-refractivity contribution in [3.05, 3.63) is 29.8 Å². The van der Waals surface area contributed by atoms with Crippen LogP contribution in [-0.2, 0) is 10.2 Å². The standard InChI is InChI=1S/C38H61NO3.C27H48O2/c1-9-28-32-23-24(2)18-20-38(32,8)31-19-21-37(7)29(16-17-30(37)33(31)34(28)40)25(3)11-10-22-42-35(41)39-27-14-12-26(13-15-27)36(4,5)6;1-6-19-23-16-17(2)11-13-27(23,5)22-12-14-26(4)20(18(3)8-7-15-28)9-10-21(26)24(22)25(19)29/h12-15,24-25,28-34,40H,9-11,16-23H2,1-8H3,(H,39,41);17-25,28-29H,6-16H2,1-5H3/t24-,25-,28-,29-,30+,31+,32+,33+,34-,37-,38-;17-,18-,19-,20-,21+,22+,23+,24+,25-,26-,27-/m11/s1. The Balaban J connectivity index is 0.000000204. The zero-order valence-electron chi connectivity index (χ0n) is 47.9. The number of carbonyl (C=O) groups excluding carboxylic acids is 1. The van der Waals surface area contributed by atoms with Crippen molar-refractivity contribution in [2.24, 2.45) is 116 Å². The van der Waals surface area contributed by atoms with Gasteiger partial charge in [-0.1, -0.05) is 128 Å². The van der Waals surface area contributed by atoms with Crippen molar-refractivity contribution in [2.45, 2.75) is 236 Å². The third-order valence-corrected chi connectivity index (χ3v) is 24.7. The number of aliphatic hydroxyl groups is 3. The second-order valence-electron chi connectivity index (χ2n) is 29.2. The molecule has 8 saturated carbocycles. The molecule has 8 fully saturated rings. The Kier molecular flexibility index (Phi) is 17.1. The minimum absolute atomic E-state index is 0.0792. The van der Waals surface area contributed by atoms with Gasteiger partial charge in [0.1, 0.15) is 0 Å². The predicted molar refractivity (Wildman–Crippen MR) is 294 cm³/mol. The maximum atomic E-state index is 12.4. The van der Waals surface area contributed by atoms with Crippen molar-refractivity contribution in [1.29, 1.82) is 0 Å². The molecule has 1 aromatic carbocycles. The third kappa shape index (κ3) is 10.3.